The van der Waals surface area contributed by atoms with Crippen molar-refractivity contribution in [3.63, 3.8) is 0 Å². The number of hydrogen-bond acceptors (Lipinski definition) is 5. The lowest BCUT2D eigenvalue weighted by Gasteiger charge is -2.25. The maximum Gasteiger partial charge on any atom is 0.277 e. The molecule has 1 fully saturated rings. The first-order chi connectivity index (χ1) is 12.6. The molecule has 0 unspecified atom stereocenters. The van der Waals surface area contributed by atoms with Crippen LogP contribution < -0.4 is 14.9 Å². The molecule has 0 bridgehead atoms. The molecule has 26 heavy (non-hydrogen) atoms. The summed E-state index contributed by atoms with van der Waals surface area (Å²) in [5.41, 5.74) is 3.24. The van der Waals surface area contributed by atoms with Gasteiger partial charge in [0, 0.05) is 16.5 Å². The highest BCUT2D eigenvalue weighted by molar-refractivity contribution is 8.00. The lowest BCUT2D eigenvalue weighted by molar-refractivity contribution is -0.123. The molecule has 1 amide bonds. The second kappa shape index (κ2) is 9.16. The number of carbonyl (C=O) groups excluding carboxylic acids is 1. The van der Waals surface area contributed by atoms with Gasteiger partial charge in [0.2, 0.25) is 0 Å². The Bertz CT molecular complexity index is 813. The maximum absolute atomic E-state index is 11.8. The van der Waals surface area contributed by atoms with E-state index in [1.54, 1.807) is 24.4 Å². The third-order valence-corrected chi connectivity index (χ3v) is 5.17. The van der Waals surface area contributed by atoms with Gasteiger partial charge in [-0.1, -0.05) is 35.3 Å². The average Bonchev–Trinajstić information content (AvgIpc) is 2.58. The van der Waals surface area contributed by atoms with Crippen LogP contribution in [0.5, 0.6) is 11.5 Å². The molecular formula is C18H16Cl2N2O3S. The number of thioether (sulfide) groups is 1. The molecule has 2 aromatic carbocycles. The van der Waals surface area contributed by atoms with Crippen LogP contribution in [0.4, 0.5) is 0 Å². The van der Waals surface area contributed by atoms with Crippen LogP contribution in [0.3, 0.4) is 0 Å². The fourth-order valence-electron chi connectivity index (χ4n) is 2.09. The molecule has 0 atom stereocenters. The Morgan fingerprint density at radius 3 is 2.85 bits per heavy atom. The Kier molecular flexibility index (Phi) is 6.66. The fraction of sp³-hybridized carbons (Fsp3) is 0.222. The second-order valence-electron chi connectivity index (χ2n) is 5.51. The third-order valence-electron chi connectivity index (χ3n) is 3.42. The topological polar surface area (TPSA) is 59.9 Å². The van der Waals surface area contributed by atoms with Gasteiger partial charge >= 0.3 is 0 Å². The standard InChI is InChI=1S/C18H16Cl2N2O3S/c19-13-4-5-17(16(20)7-13)24-9-18(23)22-21-8-12-2-1-3-14(6-12)25-15-10-26-11-15/h1-8,15H,9-11H2,(H,22,23)/b21-8-. The van der Waals surface area contributed by atoms with Crippen LogP contribution in [0.15, 0.2) is 47.6 Å². The van der Waals surface area contributed by atoms with Crippen molar-refractivity contribution in [3.05, 3.63) is 58.1 Å². The fourth-order valence-corrected chi connectivity index (χ4v) is 3.12. The lowest BCUT2D eigenvalue weighted by atomic mass is 10.2. The van der Waals surface area contributed by atoms with Gasteiger partial charge in [-0.25, -0.2) is 5.43 Å². The zero-order chi connectivity index (χ0) is 18.4. The van der Waals surface area contributed by atoms with Gasteiger partial charge < -0.3 is 9.47 Å². The van der Waals surface area contributed by atoms with E-state index in [4.69, 9.17) is 32.7 Å². The number of hydrogen-bond donors (Lipinski definition) is 1. The summed E-state index contributed by atoms with van der Waals surface area (Å²) in [6.07, 6.45) is 1.83. The summed E-state index contributed by atoms with van der Waals surface area (Å²) in [4.78, 5) is 11.8. The Labute approximate surface area is 165 Å². The minimum atomic E-state index is -0.397. The molecule has 3 rings (SSSR count). The van der Waals surface area contributed by atoms with Gasteiger partial charge in [0.05, 0.1) is 11.2 Å². The SMILES string of the molecule is O=C(COc1ccc(Cl)cc1Cl)N/N=C\c1cccc(OC2CSC2)c1. The quantitative estimate of drug-likeness (QED) is 0.553. The molecule has 0 saturated carbocycles. The summed E-state index contributed by atoms with van der Waals surface area (Å²) in [6.45, 7) is -0.207. The van der Waals surface area contributed by atoms with E-state index < -0.39 is 5.91 Å². The summed E-state index contributed by atoms with van der Waals surface area (Å²) in [7, 11) is 0. The van der Waals surface area contributed by atoms with Gasteiger partial charge in [-0.3, -0.25) is 4.79 Å². The van der Waals surface area contributed by atoms with Crippen LogP contribution in [0, 0.1) is 0 Å². The van der Waals surface area contributed by atoms with Gasteiger partial charge in [0.25, 0.3) is 5.91 Å². The van der Waals surface area contributed by atoms with E-state index in [2.05, 4.69) is 10.5 Å². The number of halogens is 2. The summed E-state index contributed by atoms with van der Waals surface area (Å²) in [5.74, 6) is 2.82. The van der Waals surface area contributed by atoms with Gasteiger partial charge in [-0.15, -0.1) is 0 Å². The molecule has 1 saturated heterocycles. The van der Waals surface area contributed by atoms with Gasteiger partial charge in [-0.2, -0.15) is 16.9 Å². The van der Waals surface area contributed by atoms with Gasteiger partial charge in [0.15, 0.2) is 6.61 Å². The predicted molar refractivity (Wildman–Crippen MR) is 106 cm³/mol. The Balaban J connectivity index is 1.46. The summed E-state index contributed by atoms with van der Waals surface area (Å²) >= 11 is 13.7. The van der Waals surface area contributed by atoms with E-state index in [0.717, 1.165) is 22.8 Å². The van der Waals surface area contributed by atoms with Crippen LogP contribution in [0.25, 0.3) is 0 Å². The predicted octanol–water partition coefficient (Wildman–Crippen LogP) is 4.02. The molecule has 1 aliphatic heterocycles. The molecule has 1 aliphatic rings. The average molecular weight is 411 g/mol. The van der Waals surface area contributed by atoms with Crippen LogP contribution in [0.2, 0.25) is 10.0 Å². The van der Waals surface area contributed by atoms with Crippen molar-refractivity contribution in [1.29, 1.82) is 0 Å². The van der Waals surface area contributed by atoms with Crippen LogP contribution in [0.1, 0.15) is 5.56 Å². The minimum absolute atomic E-state index is 0.207. The van der Waals surface area contributed by atoms with Crippen molar-refractivity contribution < 1.29 is 14.3 Å². The first-order valence-corrected chi connectivity index (χ1v) is 9.75. The molecule has 1 heterocycles. The molecule has 0 spiro atoms. The number of amides is 1. The number of carbonyl (C=O) groups is 1. The Morgan fingerprint density at radius 1 is 1.27 bits per heavy atom. The number of hydrazone groups is 1. The van der Waals surface area contributed by atoms with E-state index >= 15 is 0 Å². The maximum atomic E-state index is 11.8. The van der Waals surface area contributed by atoms with Crippen LogP contribution >= 0.6 is 35.0 Å². The van der Waals surface area contributed by atoms with E-state index in [9.17, 15) is 4.79 Å². The molecule has 0 radical (unpaired) electrons. The van der Waals surface area contributed by atoms with Crippen molar-refractivity contribution in [2.75, 3.05) is 18.1 Å². The molecule has 2 aromatic rings. The van der Waals surface area contributed by atoms with Crippen LogP contribution in [-0.2, 0) is 4.79 Å². The van der Waals surface area contributed by atoms with E-state index in [1.807, 2.05) is 36.0 Å². The highest BCUT2D eigenvalue weighted by Crippen LogP contribution is 2.27. The molecule has 1 N–H and O–H groups in total. The molecule has 0 aromatic heterocycles. The highest BCUT2D eigenvalue weighted by atomic mass is 35.5. The number of nitrogens with zero attached hydrogens (tertiary/aromatic N) is 1. The van der Waals surface area contributed by atoms with Gasteiger partial charge in [-0.05, 0) is 35.9 Å². The number of ether oxygens (including phenoxy) is 2. The van der Waals surface area contributed by atoms with Crippen molar-refractivity contribution in [3.8, 4) is 11.5 Å². The lowest BCUT2D eigenvalue weighted by Crippen LogP contribution is -2.31. The van der Waals surface area contributed by atoms with E-state index in [-0.39, 0.29) is 12.7 Å². The monoisotopic (exact) mass is 410 g/mol. The van der Waals surface area contributed by atoms with E-state index in [1.165, 1.54) is 0 Å². The number of benzene rings is 2. The minimum Gasteiger partial charge on any atom is -0.489 e. The van der Waals surface area contributed by atoms with Crippen molar-refractivity contribution in [2.24, 2.45) is 5.10 Å². The molecule has 8 heteroatoms. The molecule has 5 nitrogen and oxygen atoms in total. The van der Waals surface area contributed by atoms with Crippen molar-refractivity contribution in [2.45, 2.75) is 6.10 Å². The largest absolute Gasteiger partial charge is 0.489 e. The zero-order valence-electron chi connectivity index (χ0n) is 13.7. The van der Waals surface area contributed by atoms with Crippen LogP contribution in [-0.4, -0.2) is 36.3 Å². The molecular weight excluding hydrogens is 395 g/mol. The number of nitrogens with one attached hydrogen (secondary N) is 1. The number of rotatable bonds is 7. The summed E-state index contributed by atoms with van der Waals surface area (Å²) in [6, 6.07) is 12.3. The third kappa shape index (κ3) is 5.56. The Hall–Kier alpha value is -1.89. The summed E-state index contributed by atoms with van der Waals surface area (Å²) < 4.78 is 11.2. The molecule has 0 aliphatic carbocycles. The normalized spacial score (nSPS) is 14.1. The van der Waals surface area contributed by atoms with Crippen molar-refractivity contribution in [1.82, 2.24) is 5.43 Å². The Morgan fingerprint density at radius 2 is 2.12 bits per heavy atom. The smallest absolute Gasteiger partial charge is 0.277 e. The second-order valence-corrected chi connectivity index (χ2v) is 7.42. The van der Waals surface area contributed by atoms with Crippen molar-refractivity contribution >= 4 is 47.1 Å². The zero-order valence-corrected chi connectivity index (χ0v) is 16.0. The first kappa shape index (κ1) is 18.9. The summed E-state index contributed by atoms with van der Waals surface area (Å²) in [5, 5.41) is 4.77. The first-order valence-electron chi connectivity index (χ1n) is 7.84. The molecule has 136 valence electrons. The van der Waals surface area contributed by atoms with E-state index in [0.29, 0.717) is 15.8 Å². The highest BCUT2D eigenvalue weighted by Gasteiger charge is 2.19. The van der Waals surface area contributed by atoms with Gasteiger partial charge in [0.1, 0.15) is 17.6 Å².